The number of benzene rings is 6. The Balaban J connectivity index is 0.000000231. The van der Waals surface area contributed by atoms with Crippen LogP contribution in [0.5, 0.6) is 0 Å². The standard InChI is InChI=1S/2C26H25.2CH3.2ClH.Si.Zr/c2*1-2-26(14-7-15-26)18-19-16-21-10-6-13-24(25(21)17-19)23-12-5-9-20-8-3-4-11-22(20)23;;;;;;/h2*3-6,8-13,16-17H,2,7,14-15,18H2,1H3;2*1H3;2*1H;;/q4*-1;;;;. The van der Waals surface area contributed by atoms with Gasteiger partial charge in [-0.1, -0.05) is 148 Å². The molecule has 0 atom stereocenters. The summed E-state index contributed by atoms with van der Waals surface area (Å²) in [5, 5.41) is 10.9. The molecular weight excluding hydrogens is 839 g/mol. The monoisotopic (exact) mass is 894 g/mol. The van der Waals surface area contributed by atoms with E-state index in [1.807, 2.05) is 0 Å². The summed E-state index contributed by atoms with van der Waals surface area (Å²) in [4.78, 5) is 0. The fraction of sp³-hybridized carbons (Fsp3) is 0.259. The summed E-state index contributed by atoms with van der Waals surface area (Å²) >= 11 is 1.36. The third-order valence-corrected chi connectivity index (χ3v) is 13.3. The Kier molecular flexibility index (Phi) is 17.0. The van der Waals surface area contributed by atoms with Crippen LogP contribution in [0, 0.1) is 25.7 Å². The van der Waals surface area contributed by atoms with Crippen LogP contribution in [-0.2, 0) is 36.2 Å². The number of fused-ring (bicyclic) bond motifs is 4. The third kappa shape index (κ3) is 9.37. The second-order valence-corrected chi connectivity index (χ2v) is 16.2. The maximum absolute atomic E-state index is 3.06. The van der Waals surface area contributed by atoms with Crippen LogP contribution in [-0.4, -0.2) is 6.88 Å². The molecule has 0 bridgehead atoms. The van der Waals surface area contributed by atoms with E-state index in [0.717, 1.165) is 0 Å². The molecule has 58 heavy (non-hydrogen) atoms. The van der Waals surface area contributed by atoms with Crippen LogP contribution >= 0.6 is 24.8 Å². The van der Waals surface area contributed by atoms with Gasteiger partial charge in [-0.15, -0.1) is 93.9 Å². The Bertz CT molecular complexity index is 2350. The van der Waals surface area contributed by atoms with Gasteiger partial charge in [0.05, 0.1) is 0 Å². The second kappa shape index (κ2) is 20.8. The second-order valence-electron chi connectivity index (χ2n) is 16.2. The Morgan fingerprint density at radius 2 is 0.793 bits per heavy atom. The summed E-state index contributed by atoms with van der Waals surface area (Å²) in [7, 11) is 0. The van der Waals surface area contributed by atoms with Crippen molar-refractivity contribution in [3.63, 3.8) is 0 Å². The van der Waals surface area contributed by atoms with Gasteiger partial charge in [0.1, 0.15) is 0 Å². The van der Waals surface area contributed by atoms with Crippen molar-refractivity contribution in [3.05, 3.63) is 172 Å². The predicted octanol–water partition coefficient (Wildman–Crippen LogP) is 16.4. The van der Waals surface area contributed by atoms with E-state index in [9.17, 15) is 0 Å². The molecule has 0 spiro atoms. The number of rotatable bonds is 8. The zero-order valence-electron chi connectivity index (χ0n) is 34.7. The van der Waals surface area contributed by atoms with Gasteiger partial charge < -0.3 is 14.9 Å². The molecule has 2 aliphatic rings. The number of halogens is 2. The Labute approximate surface area is 378 Å². The molecule has 8 aromatic rings. The van der Waals surface area contributed by atoms with Gasteiger partial charge in [-0.3, -0.25) is 0 Å². The molecule has 300 valence electrons. The van der Waals surface area contributed by atoms with E-state index in [4.69, 9.17) is 0 Å². The van der Waals surface area contributed by atoms with Crippen molar-refractivity contribution in [3.8, 4) is 22.3 Å². The molecule has 2 radical (unpaired) electrons. The van der Waals surface area contributed by atoms with E-state index in [1.165, 1.54) is 164 Å². The zero-order chi connectivity index (χ0) is 37.1. The van der Waals surface area contributed by atoms with Crippen LogP contribution in [0.25, 0.3) is 65.3 Å². The summed E-state index contributed by atoms with van der Waals surface area (Å²) in [5.74, 6) is 0. The van der Waals surface area contributed by atoms with Crippen LogP contribution in [0.1, 0.15) is 76.3 Å². The van der Waals surface area contributed by atoms with E-state index in [1.54, 1.807) is 0 Å². The molecule has 0 aliphatic heterocycles. The molecule has 0 saturated heterocycles. The van der Waals surface area contributed by atoms with E-state index >= 15 is 0 Å². The van der Waals surface area contributed by atoms with E-state index in [0.29, 0.717) is 10.8 Å². The molecule has 0 aromatic heterocycles. The minimum atomic E-state index is 0. The summed E-state index contributed by atoms with van der Waals surface area (Å²) in [5.41, 5.74) is 9.62. The Hall–Kier alpha value is -3.26. The van der Waals surface area contributed by atoms with Crippen molar-refractivity contribution < 1.29 is 23.3 Å². The molecule has 0 amide bonds. The van der Waals surface area contributed by atoms with Gasteiger partial charge >= 0.3 is 30.2 Å². The molecular formula is C54H58Cl2SiZr-4. The van der Waals surface area contributed by atoms with E-state index in [-0.39, 0.29) is 39.7 Å². The van der Waals surface area contributed by atoms with Gasteiger partial charge in [0, 0.05) is 0 Å². The van der Waals surface area contributed by atoms with Crippen LogP contribution in [0.4, 0.5) is 0 Å². The molecule has 2 aliphatic carbocycles. The Morgan fingerprint density at radius 1 is 0.466 bits per heavy atom. The summed E-state index contributed by atoms with van der Waals surface area (Å²) < 4.78 is 0. The van der Waals surface area contributed by atoms with Gasteiger partial charge in [0.15, 0.2) is 0 Å². The molecule has 2 saturated carbocycles. The molecule has 0 nitrogen and oxygen atoms in total. The van der Waals surface area contributed by atoms with Crippen molar-refractivity contribution in [2.45, 2.75) is 78.1 Å². The Morgan fingerprint density at radius 3 is 1.14 bits per heavy atom. The van der Waals surface area contributed by atoms with E-state index < -0.39 is 0 Å². The van der Waals surface area contributed by atoms with Crippen molar-refractivity contribution in [1.29, 1.82) is 0 Å². The van der Waals surface area contributed by atoms with Crippen LogP contribution in [0.15, 0.2) is 146 Å². The van der Waals surface area contributed by atoms with Crippen LogP contribution in [0.3, 0.4) is 0 Å². The molecule has 0 heterocycles. The SMILES string of the molecule is CCC1(Cc2cc3c(-c4cccc5ccccc45)cccc3[cH-]2)CCC1.CCC1(Cc2cc3c(-c4cccc5ccccc45)cccc3[cH-]2)CCC1.Cl.Cl.[CH3-].[CH3-].[Si]=[Zr]. The van der Waals surface area contributed by atoms with Crippen molar-refractivity contribution in [2.75, 3.05) is 0 Å². The van der Waals surface area contributed by atoms with Crippen LogP contribution < -0.4 is 0 Å². The summed E-state index contributed by atoms with van der Waals surface area (Å²) in [6.45, 7) is 7.79. The van der Waals surface area contributed by atoms with Gasteiger partial charge in [-0.2, -0.15) is 12.1 Å². The molecule has 8 aromatic carbocycles. The van der Waals surface area contributed by atoms with Crippen molar-refractivity contribution in [2.24, 2.45) is 10.8 Å². The minimum absolute atomic E-state index is 0. The molecule has 0 unspecified atom stereocenters. The maximum atomic E-state index is 3.06. The average molecular weight is 897 g/mol. The number of hydrogen-bond acceptors (Lipinski definition) is 0. The first-order valence-electron chi connectivity index (χ1n) is 20.1. The average Bonchev–Trinajstić information content (AvgIpc) is 3.82. The zero-order valence-corrected chi connectivity index (χ0v) is 39.8. The first kappa shape index (κ1) is 47.4. The van der Waals surface area contributed by atoms with Crippen molar-refractivity contribution in [1.82, 2.24) is 0 Å². The fourth-order valence-corrected chi connectivity index (χ4v) is 9.72. The number of hydrogen-bond donors (Lipinski definition) is 0. The predicted molar refractivity (Wildman–Crippen MR) is 259 cm³/mol. The van der Waals surface area contributed by atoms with E-state index in [2.05, 4.69) is 166 Å². The molecule has 10 rings (SSSR count). The normalized spacial score (nSPS) is 14.4. The first-order chi connectivity index (χ1) is 26.6. The fourth-order valence-electron chi connectivity index (χ4n) is 9.72. The van der Waals surface area contributed by atoms with Crippen LogP contribution in [0.2, 0.25) is 0 Å². The van der Waals surface area contributed by atoms with Gasteiger partial charge in [-0.05, 0) is 82.0 Å². The first-order valence-corrected chi connectivity index (χ1v) is 24.3. The third-order valence-electron chi connectivity index (χ3n) is 13.3. The van der Waals surface area contributed by atoms with Gasteiger partial charge in [0.2, 0.25) is 0 Å². The molecule has 4 heteroatoms. The molecule has 2 fully saturated rings. The summed E-state index contributed by atoms with van der Waals surface area (Å²) in [6, 6.07) is 54.0. The van der Waals surface area contributed by atoms with Gasteiger partial charge in [0.25, 0.3) is 0 Å². The quantitative estimate of drug-likeness (QED) is 0.105. The van der Waals surface area contributed by atoms with Crippen molar-refractivity contribution >= 4 is 74.8 Å². The van der Waals surface area contributed by atoms with Gasteiger partial charge in [-0.25, -0.2) is 0 Å². The molecule has 0 N–H and O–H groups in total. The summed E-state index contributed by atoms with van der Waals surface area (Å²) in [6.07, 6.45) is 13.5. The topological polar surface area (TPSA) is 0 Å².